The van der Waals surface area contributed by atoms with Crippen molar-refractivity contribution in [1.29, 1.82) is 0 Å². The van der Waals surface area contributed by atoms with Crippen LogP contribution in [0.4, 0.5) is 0 Å². The van der Waals surface area contributed by atoms with Crippen molar-refractivity contribution in [2.75, 3.05) is 14.2 Å². The van der Waals surface area contributed by atoms with Crippen molar-refractivity contribution in [2.24, 2.45) is 0 Å². The molecule has 0 aliphatic heterocycles. The van der Waals surface area contributed by atoms with E-state index in [2.05, 4.69) is 23.7 Å². The number of esters is 2. The van der Waals surface area contributed by atoms with Gasteiger partial charge in [-0.05, 0) is 38.1 Å². The van der Waals surface area contributed by atoms with E-state index in [1.54, 1.807) is 0 Å². The molecule has 0 bridgehead atoms. The number of carbonyl (C=O) groups excluding carboxylic acids is 2. The molecule has 0 aliphatic rings. The van der Waals surface area contributed by atoms with E-state index in [-0.39, 0.29) is 11.1 Å². The molecule has 2 rings (SSSR count). The molecular weight excluding hydrogens is 352 g/mol. The minimum Gasteiger partial charge on any atom is -0.465 e. The fourth-order valence-corrected chi connectivity index (χ4v) is 2.18. The average Bonchev–Trinajstić information content (AvgIpc) is 2.71. The third kappa shape index (κ3) is 5.62. The Kier molecular flexibility index (Phi) is 7.20. The van der Waals surface area contributed by atoms with Crippen LogP contribution < -0.4 is 0 Å². The molecule has 2 aromatic rings. The molecule has 4 heteroatoms. The number of methoxy groups -OCH3 is 2. The first-order valence-corrected chi connectivity index (χ1v) is 8.53. The van der Waals surface area contributed by atoms with E-state index >= 15 is 0 Å². The molecule has 0 amide bonds. The highest BCUT2D eigenvalue weighted by atomic mass is 16.5. The molecular formula is C24H20O4. The quantitative estimate of drug-likeness (QED) is 0.461. The molecule has 4 nitrogen and oxygen atoms in total. The lowest BCUT2D eigenvalue weighted by molar-refractivity contribution is -0.138. The van der Waals surface area contributed by atoms with Gasteiger partial charge in [0.1, 0.15) is 11.1 Å². The van der Waals surface area contributed by atoms with Crippen LogP contribution in [0.25, 0.3) is 0 Å². The van der Waals surface area contributed by atoms with Crippen molar-refractivity contribution < 1.29 is 19.1 Å². The summed E-state index contributed by atoms with van der Waals surface area (Å²) in [5.74, 6) is 9.67. The second kappa shape index (κ2) is 9.80. The fourth-order valence-electron chi connectivity index (χ4n) is 2.18. The van der Waals surface area contributed by atoms with Gasteiger partial charge >= 0.3 is 11.9 Å². The first-order valence-electron chi connectivity index (χ1n) is 8.53. The van der Waals surface area contributed by atoms with Crippen molar-refractivity contribution >= 4 is 11.9 Å². The van der Waals surface area contributed by atoms with E-state index in [9.17, 15) is 9.59 Å². The van der Waals surface area contributed by atoms with E-state index in [1.165, 1.54) is 14.2 Å². The van der Waals surface area contributed by atoms with E-state index in [1.807, 2.05) is 62.4 Å². The molecule has 0 radical (unpaired) electrons. The summed E-state index contributed by atoms with van der Waals surface area (Å²) in [6.45, 7) is 3.93. The zero-order valence-electron chi connectivity index (χ0n) is 16.3. The predicted octanol–water partition coefficient (Wildman–Crippen LogP) is 3.35. The number of benzene rings is 2. The Hall–Kier alpha value is -3.76. The molecule has 0 spiro atoms. The highest BCUT2D eigenvalue weighted by Gasteiger charge is 2.20. The molecule has 0 aliphatic carbocycles. The van der Waals surface area contributed by atoms with Gasteiger partial charge in [-0.15, -0.1) is 0 Å². The predicted molar refractivity (Wildman–Crippen MR) is 107 cm³/mol. The van der Waals surface area contributed by atoms with Crippen molar-refractivity contribution in [3.8, 4) is 23.7 Å². The van der Waals surface area contributed by atoms with Gasteiger partial charge < -0.3 is 9.47 Å². The van der Waals surface area contributed by atoms with Gasteiger partial charge in [-0.25, -0.2) is 9.59 Å². The molecule has 0 heterocycles. The van der Waals surface area contributed by atoms with Gasteiger partial charge in [-0.1, -0.05) is 59.1 Å². The van der Waals surface area contributed by atoms with Crippen molar-refractivity contribution in [3.05, 3.63) is 81.9 Å². The third-order valence-electron chi connectivity index (χ3n) is 3.80. The molecule has 140 valence electrons. The van der Waals surface area contributed by atoms with Crippen LogP contribution in [-0.4, -0.2) is 26.2 Å². The summed E-state index contributed by atoms with van der Waals surface area (Å²) in [4.78, 5) is 24.5. The second-order valence-electron chi connectivity index (χ2n) is 5.97. The topological polar surface area (TPSA) is 52.6 Å². The molecule has 0 unspecified atom stereocenters. The summed E-state index contributed by atoms with van der Waals surface area (Å²) >= 11 is 0. The largest absolute Gasteiger partial charge is 0.465 e. The first-order chi connectivity index (χ1) is 13.4. The van der Waals surface area contributed by atoms with Crippen molar-refractivity contribution in [1.82, 2.24) is 0 Å². The number of rotatable bonds is 2. The summed E-state index contributed by atoms with van der Waals surface area (Å²) in [6, 6.07) is 14.9. The summed E-state index contributed by atoms with van der Waals surface area (Å²) < 4.78 is 9.58. The van der Waals surface area contributed by atoms with Gasteiger partial charge in [0.15, 0.2) is 0 Å². The van der Waals surface area contributed by atoms with Crippen molar-refractivity contribution in [3.63, 3.8) is 0 Å². The van der Waals surface area contributed by atoms with Crippen molar-refractivity contribution in [2.45, 2.75) is 13.8 Å². The van der Waals surface area contributed by atoms with E-state index < -0.39 is 11.9 Å². The van der Waals surface area contributed by atoms with E-state index in [4.69, 9.17) is 9.47 Å². The van der Waals surface area contributed by atoms with Crippen LogP contribution >= 0.6 is 0 Å². The average molecular weight is 372 g/mol. The Morgan fingerprint density at radius 1 is 0.643 bits per heavy atom. The number of hydrogen-bond donors (Lipinski definition) is 0. The Labute approximate surface area is 165 Å². The van der Waals surface area contributed by atoms with Gasteiger partial charge in [0, 0.05) is 11.1 Å². The number of hydrogen-bond acceptors (Lipinski definition) is 4. The van der Waals surface area contributed by atoms with Gasteiger partial charge in [0.25, 0.3) is 0 Å². The highest BCUT2D eigenvalue weighted by Crippen LogP contribution is 2.10. The van der Waals surface area contributed by atoms with Gasteiger partial charge in [-0.3, -0.25) is 0 Å². The summed E-state index contributed by atoms with van der Waals surface area (Å²) in [5.41, 5.74) is 3.29. The smallest absolute Gasteiger partial charge is 0.348 e. The normalized spacial score (nSPS) is 10.4. The minimum atomic E-state index is -0.752. The molecule has 28 heavy (non-hydrogen) atoms. The summed E-state index contributed by atoms with van der Waals surface area (Å²) in [5, 5.41) is 0. The zero-order valence-corrected chi connectivity index (χ0v) is 16.3. The van der Waals surface area contributed by atoms with Crippen LogP contribution in [0, 0.1) is 37.5 Å². The Morgan fingerprint density at radius 3 is 1.25 bits per heavy atom. The molecule has 0 atom stereocenters. The maximum atomic E-state index is 12.2. The molecule has 0 N–H and O–H groups in total. The summed E-state index contributed by atoms with van der Waals surface area (Å²) in [6.07, 6.45) is 0. The zero-order chi connectivity index (χ0) is 20.5. The Bertz CT molecular complexity index is 933. The van der Waals surface area contributed by atoms with Gasteiger partial charge in [-0.2, -0.15) is 0 Å². The second-order valence-corrected chi connectivity index (χ2v) is 5.97. The highest BCUT2D eigenvalue weighted by molar-refractivity contribution is 6.06. The van der Waals surface area contributed by atoms with Crippen LogP contribution in [0.15, 0.2) is 59.7 Å². The summed E-state index contributed by atoms with van der Waals surface area (Å²) in [7, 11) is 2.44. The fraction of sp³-hybridized carbons (Fsp3) is 0.167. The SMILES string of the molecule is COC(=O)/C(C#Cc1ccc(C)cc1)=C(/C#Cc1ccc(C)cc1)C(=O)OC. The number of carbonyl (C=O) groups is 2. The van der Waals surface area contributed by atoms with Gasteiger partial charge in [0.2, 0.25) is 0 Å². The molecule has 0 fully saturated rings. The molecule has 0 saturated carbocycles. The molecule has 2 aromatic carbocycles. The number of ether oxygens (including phenoxy) is 2. The van der Waals surface area contributed by atoms with Crippen LogP contribution in [-0.2, 0) is 19.1 Å². The van der Waals surface area contributed by atoms with Crippen LogP contribution in [0.5, 0.6) is 0 Å². The lowest BCUT2D eigenvalue weighted by Crippen LogP contribution is -2.13. The van der Waals surface area contributed by atoms with Crippen LogP contribution in [0.1, 0.15) is 22.3 Å². The maximum Gasteiger partial charge on any atom is 0.348 e. The molecule has 0 aromatic heterocycles. The van der Waals surface area contributed by atoms with Crippen LogP contribution in [0.2, 0.25) is 0 Å². The lowest BCUT2D eigenvalue weighted by Gasteiger charge is -2.03. The minimum absolute atomic E-state index is 0.144. The standard InChI is InChI=1S/C24H20O4/c1-17-5-9-19(10-6-17)13-15-21(23(25)27-3)22(24(26)28-4)16-14-20-11-7-18(2)8-12-20/h5-12H,1-4H3/b22-21-. The Balaban J connectivity index is 2.56. The number of aryl methyl sites for hydroxylation is 2. The monoisotopic (exact) mass is 372 g/mol. The first kappa shape index (κ1) is 20.6. The lowest BCUT2D eigenvalue weighted by atomic mass is 10.1. The van der Waals surface area contributed by atoms with Gasteiger partial charge in [0.05, 0.1) is 14.2 Å². The maximum absolute atomic E-state index is 12.2. The third-order valence-corrected chi connectivity index (χ3v) is 3.80. The molecule has 0 saturated heterocycles. The van der Waals surface area contributed by atoms with E-state index in [0.29, 0.717) is 11.1 Å². The Morgan fingerprint density at radius 2 is 0.964 bits per heavy atom. The van der Waals surface area contributed by atoms with Crippen LogP contribution in [0.3, 0.4) is 0 Å². The van der Waals surface area contributed by atoms with E-state index in [0.717, 1.165) is 11.1 Å².